The van der Waals surface area contributed by atoms with Gasteiger partial charge in [0.25, 0.3) is 0 Å². The van der Waals surface area contributed by atoms with Gasteiger partial charge in [-0.3, -0.25) is 0 Å². The maximum atomic E-state index is 9.27. The van der Waals surface area contributed by atoms with Crippen molar-refractivity contribution in [1.29, 1.82) is 5.26 Å². The first-order valence-corrected chi connectivity index (χ1v) is 6.72. The fraction of sp³-hybridized carbons (Fsp3) is 0.0556. The van der Waals surface area contributed by atoms with Crippen LogP contribution in [-0.2, 0) is 6.54 Å². The maximum absolute atomic E-state index is 9.27. The zero-order valence-corrected chi connectivity index (χ0v) is 11.8. The van der Waals surface area contributed by atoms with Crippen molar-refractivity contribution in [1.82, 2.24) is 14.8 Å². The fourth-order valence-electron chi connectivity index (χ4n) is 2.29. The first-order valence-electron chi connectivity index (χ1n) is 6.72. The van der Waals surface area contributed by atoms with Crippen LogP contribution in [0.15, 0.2) is 55.1 Å². The molecule has 4 heteroatoms. The number of benzene rings is 2. The van der Waals surface area contributed by atoms with Crippen molar-refractivity contribution in [2.24, 2.45) is 0 Å². The van der Waals surface area contributed by atoms with Crippen LogP contribution in [0.25, 0.3) is 11.1 Å². The summed E-state index contributed by atoms with van der Waals surface area (Å²) < 4.78 is 1.69. The highest BCUT2D eigenvalue weighted by molar-refractivity contribution is 5.67. The smallest absolute Gasteiger partial charge is 0.137 e. The van der Waals surface area contributed by atoms with Crippen LogP contribution in [0.3, 0.4) is 0 Å². The lowest BCUT2D eigenvalue weighted by Gasteiger charge is -2.08. The van der Waals surface area contributed by atoms with Gasteiger partial charge in [-0.2, -0.15) is 10.4 Å². The lowest BCUT2D eigenvalue weighted by atomic mass is 9.98. The Morgan fingerprint density at radius 3 is 2.73 bits per heavy atom. The van der Waals surface area contributed by atoms with E-state index in [1.807, 2.05) is 42.5 Å². The zero-order valence-electron chi connectivity index (χ0n) is 11.8. The van der Waals surface area contributed by atoms with Crippen LogP contribution in [0.4, 0.5) is 0 Å². The molecule has 0 amide bonds. The number of rotatable bonds is 3. The van der Waals surface area contributed by atoms with Crippen molar-refractivity contribution in [3.63, 3.8) is 0 Å². The lowest BCUT2D eigenvalue weighted by Crippen LogP contribution is -2.02. The molecule has 0 spiro atoms. The first kappa shape index (κ1) is 13.6. The SMILES string of the molecule is C#Cc1cccc(-c2ccc(C#N)c(Cn3cncn3)c2)c1. The van der Waals surface area contributed by atoms with Crippen molar-refractivity contribution < 1.29 is 0 Å². The van der Waals surface area contributed by atoms with E-state index in [1.165, 1.54) is 6.33 Å². The quantitative estimate of drug-likeness (QED) is 0.695. The third kappa shape index (κ3) is 2.72. The summed E-state index contributed by atoms with van der Waals surface area (Å²) in [5.41, 5.74) is 4.41. The van der Waals surface area contributed by atoms with Gasteiger partial charge in [0.2, 0.25) is 0 Å². The molecule has 2 aromatic carbocycles. The van der Waals surface area contributed by atoms with E-state index in [2.05, 4.69) is 22.1 Å². The van der Waals surface area contributed by atoms with Gasteiger partial charge < -0.3 is 0 Å². The summed E-state index contributed by atoms with van der Waals surface area (Å²) >= 11 is 0. The van der Waals surface area contributed by atoms with Crippen LogP contribution in [0, 0.1) is 23.7 Å². The standard InChI is InChI=1S/C18H12N4/c1-2-14-4-3-5-15(8-14)16-6-7-17(10-19)18(9-16)11-22-13-20-12-21-22/h1,3-9,12-13H,11H2. The molecule has 1 aromatic heterocycles. The summed E-state index contributed by atoms with van der Waals surface area (Å²) in [5.74, 6) is 2.64. The fourth-order valence-corrected chi connectivity index (χ4v) is 2.29. The van der Waals surface area contributed by atoms with Crippen LogP contribution in [0.2, 0.25) is 0 Å². The van der Waals surface area contributed by atoms with Gasteiger partial charge >= 0.3 is 0 Å². The van der Waals surface area contributed by atoms with Gasteiger partial charge in [-0.15, -0.1) is 6.42 Å². The molecular formula is C18H12N4. The highest BCUT2D eigenvalue weighted by atomic mass is 15.3. The van der Waals surface area contributed by atoms with Crippen molar-refractivity contribution >= 4 is 0 Å². The maximum Gasteiger partial charge on any atom is 0.137 e. The van der Waals surface area contributed by atoms with Gasteiger partial charge in [0.1, 0.15) is 12.7 Å². The van der Waals surface area contributed by atoms with Gasteiger partial charge in [0.15, 0.2) is 0 Å². The Kier molecular flexibility index (Phi) is 3.68. The van der Waals surface area contributed by atoms with Crippen molar-refractivity contribution in [2.45, 2.75) is 6.54 Å². The van der Waals surface area contributed by atoms with Gasteiger partial charge in [0, 0.05) is 5.56 Å². The van der Waals surface area contributed by atoms with Crippen LogP contribution >= 0.6 is 0 Å². The van der Waals surface area contributed by atoms with E-state index in [4.69, 9.17) is 6.42 Å². The van der Waals surface area contributed by atoms with Gasteiger partial charge in [0.05, 0.1) is 18.2 Å². The average Bonchev–Trinajstić information content (AvgIpc) is 3.08. The molecule has 3 rings (SSSR count). The number of aromatic nitrogens is 3. The normalized spacial score (nSPS) is 9.91. The monoisotopic (exact) mass is 284 g/mol. The zero-order chi connectivity index (χ0) is 15.4. The van der Waals surface area contributed by atoms with Gasteiger partial charge in [-0.25, -0.2) is 9.67 Å². The Bertz CT molecular complexity index is 880. The highest BCUT2D eigenvalue weighted by Crippen LogP contribution is 2.23. The predicted molar refractivity (Wildman–Crippen MR) is 83.7 cm³/mol. The molecule has 0 unspecified atom stereocenters. The number of nitrogens with zero attached hydrogens (tertiary/aromatic N) is 4. The van der Waals surface area contributed by atoms with Crippen LogP contribution in [0.1, 0.15) is 16.7 Å². The molecule has 1 heterocycles. The largest absolute Gasteiger partial charge is 0.249 e. The summed E-state index contributed by atoms with van der Waals surface area (Å²) in [5, 5.41) is 13.4. The molecule has 0 radical (unpaired) electrons. The highest BCUT2D eigenvalue weighted by Gasteiger charge is 2.07. The molecule has 0 bridgehead atoms. The van der Waals surface area contributed by atoms with Crippen LogP contribution in [-0.4, -0.2) is 14.8 Å². The Labute approximate surface area is 128 Å². The minimum absolute atomic E-state index is 0.506. The van der Waals surface area contributed by atoms with Crippen LogP contribution < -0.4 is 0 Å². The van der Waals surface area contributed by atoms with E-state index < -0.39 is 0 Å². The van der Waals surface area contributed by atoms with Gasteiger partial charge in [-0.1, -0.05) is 24.1 Å². The summed E-state index contributed by atoms with van der Waals surface area (Å²) in [7, 11) is 0. The molecule has 0 atom stereocenters. The minimum Gasteiger partial charge on any atom is -0.249 e. The molecule has 104 valence electrons. The second kappa shape index (κ2) is 5.95. The molecule has 0 aliphatic carbocycles. The Hall–Kier alpha value is -3.37. The number of nitriles is 1. The van der Waals surface area contributed by atoms with Gasteiger partial charge in [-0.05, 0) is 41.0 Å². The van der Waals surface area contributed by atoms with Crippen molar-refractivity contribution in [3.05, 3.63) is 71.8 Å². The summed E-state index contributed by atoms with van der Waals surface area (Å²) in [4.78, 5) is 3.92. The summed E-state index contributed by atoms with van der Waals surface area (Å²) in [6, 6.07) is 15.7. The number of hydrogen-bond acceptors (Lipinski definition) is 3. The first-order chi connectivity index (χ1) is 10.8. The Balaban J connectivity index is 2.03. The minimum atomic E-state index is 0.506. The number of terminal acetylenes is 1. The van der Waals surface area contributed by atoms with Crippen molar-refractivity contribution in [2.75, 3.05) is 0 Å². The second-order valence-electron chi connectivity index (χ2n) is 4.80. The third-order valence-electron chi connectivity index (χ3n) is 3.39. The summed E-state index contributed by atoms with van der Waals surface area (Å²) in [6.07, 6.45) is 8.56. The van der Waals surface area contributed by atoms with Crippen LogP contribution in [0.5, 0.6) is 0 Å². The molecule has 0 aliphatic heterocycles. The average molecular weight is 284 g/mol. The third-order valence-corrected chi connectivity index (χ3v) is 3.39. The molecule has 0 saturated heterocycles. The molecule has 3 aromatic rings. The van der Waals surface area contributed by atoms with E-state index in [-0.39, 0.29) is 0 Å². The predicted octanol–water partition coefficient (Wildman–Crippen LogP) is 2.85. The molecule has 0 N–H and O–H groups in total. The lowest BCUT2D eigenvalue weighted by molar-refractivity contribution is 0.684. The molecule has 4 nitrogen and oxygen atoms in total. The Morgan fingerprint density at radius 1 is 1.14 bits per heavy atom. The second-order valence-corrected chi connectivity index (χ2v) is 4.80. The molecule has 0 fully saturated rings. The Morgan fingerprint density at radius 2 is 2.00 bits per heavy atom. The molecule has 22 heavy (non-hydrogen) atoms. The van der Waals surface area contributed by atoms with E-state index in [0.29, 0.717) is 12.1 Å². The molecule has 0 aliphatic rings. The van der Waals surface area contributed by atoms with E-state index in [1.54, 1.807) is 11.0 Å². The van der Waals surface area contributed by atoms with E-state index in [0.717, 1.165) is 22.3 Å². The van der Waals surface area contributed by atoms with E-state index in [9.17, 15) is 5.26 Å². The molecular weight excluding hydrogens is 272 g/mol. The molecule has 0 saturated carbocycles. The summed E-state index contributed by atoms with van der Waals surface area (Å²) in [6.45, 7) is 0.506. The topological polar surface area (TPSA) is 54.5 Å². The van der Waals surface area contributed by atoms with Crippen molar-refractivity contribution in [3.8, 4) is 29.5 Å². The van der Waals surface area contributed by atoms with E-state index >= 15 is 0 Å². The number of hydrogen-bond donors (Lipinski definition) is 0.